The molecule has 0 spiro atoms. The second-order valence-electron chi connectivity index (χ2n) is 8.26. The second kappa shape index (κ2) is 9.67. The van der Waals surface area contributed by atoms with Crippen LogP contribution < -0.4 is 0 Å². The van der Waals surface area contributed by atoms with Gasteiger partial charge in [0.1, 0.15) is 0 Å². The Morgan fingerprint density at radius 3 is 1.13 bits per heavy atom. The van der Waals surface area contributed by atoms with Crippen LogP contribution >= 0.6 is 23.5 Å². The van der Waals surface area contributed by atoms with Crippen LogP contribution in [0.15, 0.2) is 105 Å². The van der Waals surface area contributed by atoms with Crippen LogP contribution in [0.1, 0.15) is 43.0 Å². The number of carbonyl (C=O) groups excluding carboxylic acids is 2. The topological polar surface area (TPSA) is 34.1 Å². The first kappa shape index (κ1) is 26.1. The number of alkyl halides is 6. The fraction of sp³-hybridized carbons (Fsp3) is 0.0714. The third-order valence-electron chi connectivity index (χ3n) is 5.81. The zero-order valence-electron chi connectivity index (χ0n) is 19.0. The number of hydrogen-bond donors (Lipinski definition) is 0. The highest BCUT2D eigenvalue weighted by Gasteiger charge is 2.34. The Morgan fingerprint density at radius 2 is 0.816 bits per heavy atom. The van der Waals surface area contributed by atoms with E-state index in [0.29, 0.717) is 19.6 Å². The Hall–Kier alpha value is -3.50. The summed E-state index contributed by atoms with van der Waals surface area (Å²) in [6.45, 7) is 0. The molecule has 1 aliphatic rings. The van der Waals surface area contributed by atoms with Crippen molar-refractivity contribution in [3.63, 3.8) is 0 Å². The molecule has 0 aliphatic heterocycles. The van der Waals surface area contributed by atoms with Crippen molar-refractivity contribution in [2.45, 2.75) is 31.9 Å². The van der Waals surface area contributed by atoms with Gasteiger partial charge < -0.3 is 0 Å². The van der Waals surface area contributed by atoms with Crippen molar-refractivity contribution in [1.82, 2.24) is 0 Å². The maximum atomic E-state index is 13.6. The molecule has 192 valence electrons. The van der Waals surface area contributed by atoms with Gasteiger partial charge in [-0.05, 0) is 60.7 Å². The SMILES string of the molecule is O=C1c2cccc(Sc3ccc(C(F)(F)F)cc3)c2C(=O)c2cccc(Sc3ccc(C(F)(F)F)cc3)c21. The largest absolute Gasteiger partial charge is 0.416 e. The summed E-state index contributed by atoms with van der Waals surface area (Å²) in [6.07, 6.45) is -8.95. The molecule has 0 aromatic heterocycles. The van der Waals surface area contributed by atoms with Crippen molar-refractivity contribution in [1.29, 1.82) is 0 Å². The Kier molecular flexibility index (Phi) is 6.65. The first-order valence-corrected chi connectivity index (χ1v) is 12.6. The summed E-state index contributed by atoms with van der Waals surface area (Å²) < 4.78 is 77.4. The van der Waals surface area contributed by atoms with E-state index in [2.05, 4.69) is 0 Å². The van der Waals surface area contributed by atoms with E-state index in [9.17, 15) is 35.9 Å². The van der Waals surface area contributed by atoms with E-state index in [-0.39, 0.29) is 22.3 Å². The third kappa shape index (κ3) is 4.98. The molecule has 2 nitrogen and oxygen atoms in total. The minimum absolute atomic E-state index is 0.153. The van der Waals surface area contributed by atoms with Gasteiger partial charge in [-0.15, -0.1) is 0 Å². The third-order valence-corrected chi connectivity index (χ3v) is 7.95. The van der Waals surface area contributed by atoms with E-state index in [4.69, 9.17) is 0 Å². The minimum atomic E-state index is -4.47. The first-order valence-electron chi connectivity index (χ1n) is 11.0. The maximum Gasteiger partial charge on any atom is 0.416 e. The lowest BCUT2D eigenvalue weighted by atomic mass is 9.84. The van der Waals surface area contributed by atoms with Gasteiger partial charge in [0.25, 0.3) is 0 Å². The smallest absolute Gasteiger partial charge is 0.289 e. The molecular formula is C28H14F6O2S2. The van der Waals surface area contributed by atoms with Crippen LogP contribution in [0.3, 0.4) is 0 Å². The van der Waals surface area contributed by atoms with Crippen molar-refractivity contribution in [2.24, 2.45) is 0 Å². The highest BCUT2D eigenvalue weighted by molar-refractivity contribution is 7.99. The van der Waals surface area contributed by atoms with Crippen molar-refractivity contribution >= 4 is 35.1 Å². The van der Waals surface area contributed by atoms with Gasteiger partial charge in [-0.25, -0.2) is 0 Å². The van der Waals surface area contributed by atoms with E-state index >= 15 is 0 Å². The van der Waals surface area contributed by atoms with E-state index in [0.717, 1.165) is 47.8 Å². The number of carbonyl (C=O) groups is 2. The van der Waals surface area contributed by atoms with E-state index in [1.54, 1.807) is 24.3 Å². The monoisotopic (exact) mass is 560 g/mol. The van der Waals surface area contributed by atoms with Crippen molar-refractivity contribution < 1.29 is 35.9 Å². The van der Waals surface area contributed by atoms with Crippen LogP contribution in [-0.2, 0) is 12.4 Å². The zero-order chi connectivity index (χ0) is 27.2. The highest BCUT2D eigenvalue weighted by atomic mass is 32.2. The summed E-state index contributed by atoms with van der Waals surface area (Å²) in [5, 5.41) is 0. The molecule has 0 bridgehead atoms. The molecule has 0 saturated heterocycles. The number of halogens is 6. The van der Waals surface area contributed by atoms with Gasteiger partial charge in [-0.3, -0.25) is 9.59 Å². The molecule has 0 radical (unpaired) electrons. The Bertz CT molecular complexity index is 1440. The quantitative estimate of drug-likeness (QED) is 0.206. The van der Waals surface area contributed by atoms with Crippen molar-refractivity contribution in [3.8, 4) is 0 Å². The molecule has 1 aliphatic carbocycles. The molecule has 10 heteroatoms. The van der Waals surface area contributed by atoms with E-state index in [1.807, 2.05) is 0 Å². The van der Waals surface area contributed by atoms with Crippen LogP contribution in [0.25, 0.3) is 0 Å². The number of benzene rings is 4. The van der Waals surface area contributed by atoms with Gasteiger partial charge in [0.05, 0.1) is 11.1 Å². The second-order valence-corrected chi connectivity index (χ2v) is 10.5. The van der Waals surface area contributed by atoms with Gasteiger partial charge in [0.2, 0.25) is 0 Å². The van der Waals surface area contributed by atoms with Crippen LogP contribution in [0.5, 0.6) is 0 Å². The maximum absolute atomic E-state index is 13.6. The molecule has 5 rings (SSSR count). The van der Waals surface area contributed by atoms with Gasteiger partial charge in [0.15, 0.2) is 11.6 Å². The molecular weight excluding hydrogens is 546 g/mol. The predicted molar refractivity (Wildman–Crippen MR) is 131 cm³/mol. The van der Waals surface area contributed by atoms with Crippen LogP contribution in [0.4, 0.5) is 26.3 Å². The molecule has 0 heterocycles. The zero-order valence-corrected chi connectivity index (χ0v) is 20.6. The van der Waals surface area contributed by atoms with E-state index in [1.165, 1.54) is 36.4 Å². The van der Waals surface area contributed by atoms with Crippen LogP contribution in [-0.4, -0.2) is 11.6 Å². The Labute approximate surface area is 221 Å². The molecule has 0 fully saturated rings. The number of hydrogen-bond acceptors (Lipinski definition) is 4. The van der Waals surface area contributed by atoms with Crippen LogP contribution in [0.2, 0.25) is 0 Å². The standard InChI is InChI=1S/C28H14F6O2S2/c29-27(30,31)15-7-11-17(12-8-15)37-21-5-1-3-19-23(21)26(36)20-4-2-6-22(24(20)25(19)35)38-18-13-9-16(10-14-18)28(32,33)34/h1-14H. The van der Waals surface area contributed by atoms with Gasteiger partial charge in [-0.2, -0.15) is 26.3 Å². The number of rotatable bonds is 4. The molecule has 0 amide bonds. The van der Waals surface area contributed by atoms with E-state index < -0.39 is 35.0 Å². The molecule has 4 aromatic rings. The van der Waals surface area contributed by atoms with Gasteiger partial charge >= 0.3 is 12.4 Å². The normalized spacial score (nSPS) is 13.3. The van der Waals surface area contributed by atoms with Gasteiger partial charge in [-0.1, -0.05) is 47.8 Å². The van der Waals surface area contributed by atoms with Crippen LogP contribution in [0, 0.1) is 0 Å². The Balaban J connectivity index is 1.48. The average Bonchev–Trinajstić information content (AvgIpc) is 2.87. The van der Waals surface area contributed by atoms with Gasteiger partial charge in [0, 0.05) is 41.8 Å². The minimum Gasteiger partial charge on any atom is -0.289 e. The average molecular weight is 561 g/mol. The number of ketones is 2. The summed E-state index contributed by atoms with van der Waals surface area (Å²) in [5.74, 6) is -0.834. The summed E-state index contributed by atoms with van der Waals surface area (Å²) >= 11 is 2.15. The molecule has 38 heavy (non-hydrogen) atoms. The molecule has 0 saturated carbocycles. The molecule has 0 N–H and O–H groups in total. The fourth-order valence-corrected chi connectivity index (χ4v) is 5.98. The molecule has 0 unspecified atom stereocenters. The lowest BCUT2D eigenvalue weighted by molar-refractivity contribution is -0.138. The summed E-state index contributed by atoms with van der Waals surface area (Å²) in [4.78, 5) is 28.9. The summed E-state index contributed by atoms with van der Waals surface area (Å²) in [5.41, 5.74) is -0.969. The van der Waals surface area contributed by atoms with Crippen molar-refractivity contribution in [3.05, 3.63) is 118 Å². The Morgan fingerprint density at radius 1 is 0.474 bits per heavy atom. The van der Waals surface area contributed by atoms with Crippen molar-refractivity contribution in [2.75, 3.05) is 0 Å². The highest BCUT2D eigenvalue weighted by Crippen LogP contribution is 2.42. The molecule has 0 atom stereocenters. The lowest BCUT2D eigenvalue weighted by Crippen LogP contribution is -2.22. The summed E-state index contributed by atoms with van der Waals surface area (Å²) in [7, 11) is 0. The summed E-state index contributed by atoms with van der Waals surface area (Å²) in [6, 6.07) is 18.4. The predicted octanol–water partition coefficient (Wildman–Crippen LogP) is 8.80. The first-order chi connectivity index (χ1) is 17.9. The number of fused-ring (bicyclic) bond motifs is 2. The fourth-order valence-electron chi connectivity index (χ4n) is 4.03. The molecule has 4 aromatic carbocycles. The lowest BCUT2D eigenvalue weighted by Gasteiger charge is -2.22.